The van der Waals surface area contributed by atoms with E-state index in [1.54, 1.807) is 20.2 Å². The van der Waals surface area contributed by atoms with E-state index >= 15 is 0 Å². The van der Waals surface area contributed by atoms with Crippen LogP contribution in [0.25, 0.3) is 27.7 Å². The first kappa shape index (κ1) is 24.9. The zero-order valence-electron chi connectivity index (χ0n) is 19.5. The van der Waals surface area contributed by atoms with E-state index in [0.717, 1.165) is 18.4 Å². The smallest absolute Gasteiger partial charge is 0.265 e. The number of nitrogens with two attached hydrogens (primary N) is 1. The molecule has 0 saturated carbocycles. The molecule has 11 heteroatoms. The summed E-state index contributed by atoms with van der Waals surface area (Å²) >= 11 is 0. The summed E-state index contributed by atoms with van der Waals surface area (Å²) in [5.41, 5.74) is 7.13. The van der Waals surface area contributed by atoms with Crippen molar-refractivity contribution in [3.63, 3.8) is 0 Å². The summed E-state index contributed by atoms with van der Waals surface area (Å²) in [6, 6.07) is 13.8. The maximum atomic E-state index is 14.7. The third-order valence-corrected chi connectivity index (χ3v) is 6.04. The summed E-state index contributed by atoms with van der Waals surface area (Å²) in [5, 5.41) is 0.571. The van der Waals surface area contributed by atoms with Gasteiger partial charge in [0.15, 0.2) is 0 Å². The third-order valence-electron chi connectivity index (χ3n) is 5.43. The van der Waals surface area contributed by atoms with Gasteiger partial charge in [0, 0.05) is 42.4 Å². The minimum absolute atomic E-state index is 0.0441. The standard InChI is InChI=1S/C25H22F2N4O4S/c1-30(2)25(33)16-8-15(20-7-5-17(26)12-21(20)27)9-19(10-16)31-22-13-18(29-36(3,34)35)6-4-14(22)11-23(31)24(28)32/h4-13,29H,1-3H3,(H2,28,32). The van der Waals surface area contributed by atoms with E-state index in [4.69, 9.17) is 5.73 Å². The SMILES string of the molecule is CN(C)C(=O)c1cc(-c2ccc(F)cc2F)cc(-n2c(C(N)=O)cc3ccc(NS(C)(=O)=O)cc32)c1. The predicted molar refractivity (Wildman–Crippen MR) is 134 cm³/mol. The molecule has 0 aliphatic heterocycles. The number of carbonyl (C=O) groups is 2. The number of nitrogens with one attached hydrogen (secondary N) is 1. The number of hydrogen-bond donors (Lipinski definition) is 2. The number of nitrogens with zero attached hydrogens (tertiary/aromatic N) is 2. The molecule has 3 aromatic carbocycles. The Morgan fingerprint density at radius 1 is 0.972 bits per heavy atom. The minimum Gasteiger partial charge on any atom is -0.364 e. The lowest BCUT2D eigenvalue weighted by molar-refractivity contribution is 0.0827. The van der Waals surface area contributed by atoms with Crippen LogP contribution in [0.5, 0.6) is 0 Å². The van der Waals surface area contributed by atoms with E-state index in [1.807, 2.05) is 0 Å². The van der Waals surface area contributed by atoms with Crippen molar-refractivity contribution < 1.29 is 26.8 Å². The van der Waals surface area contributed by atoms with Crippen LogP contribution >= 0.6 is 0 Å². The first-order valence-corrected chi connectivity index (χ1v) is 12.5. The molecule has 1 heterocycles. The van der Waals surface area contributed by atoms with Gasteiger partial charge in [0.25, 0.3) is 11.8 Å². The molecule has 186 valence electrons. The highest BCUT2D eigenvalue weighted by atomic mass is 32.2. The highest BCUT2D eigenvalue weighted by Crippen LogP contribution is 2.32. The molecule has 0 spiro atoms. The van der Waals surface area contributed by atoms with E-state index in [1.165, 1.54) is 51.9 Å². The Hall–Kier alpha value is -4.25. The Kier molecular flexibility index (Phi) is 6.27. The second-order valence-electron chi connectivity index (χ2n) is 8.47. The van der Waals surface area contributed by atoms with Crippen molar-refractivity contribution in [3.8, 4) is 16.8 Å². The summed E-state index contributed by atoms with van der Waals surface area (Å²) in [4.78, 5) is 26.6. The Labute approximate surface area is 206 Å². The Morgan fingerprint density at radius 3 is 2.31 bits per heavy atom. The van der Waals surface area contributed by atoms with Gasteiger partial charge in [-0.25, -0.2) is 17.2 Å². The number of benzene rings is 3. The van der Waals surface area contributed by atoms with E-state index < -0.39 is 33.5 Å². The molecular formula is C25H22F2N4O4S. The molecule has 36 heavy (non-hydrogen) atoms. The zero-order valence-corrected chi connectivity index (χ0v) is 20.4. The molecule has 0 saturated heterocycles. The Bertz CT molecular complexity index is 1650. The van der Waals surface area contributed by atoms with Gasteiger partial charge in [-0.15, -0.1) is 0 Å². The number of primary amides is 1. The van der Waals surface area contributed by atoms with Gasteiger partial charge < -0.3 is 15.2 Å². The van der Waals surface area contributed by atoms with Crippen molar-refractivity contribution in [2.75, 3.05) is 25.1 Å². The fourth-order valence-electron chi connectivity index (χ4n) is 3.94. The van der Waals surface area contributed by atoms with Crippen molar-refractivity contribution in [1.82, 2.24) is 9.47 Å². The van der Waals surface area contributed by atoms with E-state index in [-0.39, 0.29) is 28.1 Å². The number of amides is 2. The van der Waals surface area contributed by atoms with Gasteiger partial charge in [0.2, 0.25) is 10.0 Å². The van der Waals surface area contributed by atoms with E-state index in [9.17, 15) is 26.8 Å². The lowest BCUT2D eigenvalue weighted by Crippen LogP contribution is -2.22. The lowest BCUT2D eigenvalue weighted by Gasteiger charge is -2.16. The van der Waals surface area contributed by atoms with Gasteiger partial charge in [0.1, 0.15) is 17.3 Å². The number of aromatic nitrogens is 1. The van der Waals surface area contributed by atoms with Crippen LogP contribution in [0.4, 0.5) is 14.5 Å². The number of hydrogen-bond acceptors (Lipinski definition) is 4. The summed E-state index contributed by atoms with van der Waals surface area (Å²) in [6.45, 7) is 0. The number of anilines is 1. The molecule has 3 N–H and O–H groups in total. The van der Waals surface area contributed by atoms with Crippen LogP contribution in [0.1, 0.15) is 20.8 Å². The number of rotatable bonds is 6. The fraction of sp³-hybridized carbons (Fsp3) is 0.120. The first-order chi connectivity index (χ1) is 16.8. The van der Waals surface area contributed by atoms with Gasteiger partial charge in [-0.3, -0.25) is 14.3 Å². The van der Waals surface area contributed by atoms with Crippen LogP contribution < -0.4 is 10.5 Å². The molecule has 4 aromatic rings. The average Bonchev–Trinajstić information content (AvgIpc) is 3.16. The zero-order chi connectivity index (χ0) is 26.4. The van der Waals surface area contributed by atoms with E-state index in [2.05, 4.69) is 4.72 Å². The number of fused-ring (bicyclic) bond motifs is 1. The van der Waals surface area contributed by atoms with Crippen LogP contribution in [0.2, 0.25) is 0 Å². The number of carbonyl (C=O) groups excluding carboxylic acids is 2. The molecule has 8 nitrogen and oxygen atoms in total. The molecule has 0 radical (unpaired) electrons. The molecule has 4 rings (SSSR count). The molecule has 0 aliphatic carbocycles. The highest BCUT2D eigenvalue weighted by Gasteiger charge is 2.20. The Morgan fingerprint density at radius 2 is 1.69 bits per heavy atom. The molecular weight excluding hydrogens is 490 g/mol. The summed E-state index contributed by atoms with van der Waals surface area (Å²) in [6.07, 6.45) is 1.00. The largest absolute Gasteiger partial charge is 0.364 e. The summed E-state index contributed by atoms with van der Waals surface area (Å²) in [5.74, 6) is -2.75. The topological polar surface area (TPSA) is 114 Å². The minimum atomic E-state index is -3.58. The quantitative estimate of drug-likeness (QED) is 0.410. The van der Waals surface area contributed by atoms with Crippen LogP contribution in [-0.4, -0.2) is 50.1 Å². The third kappa shape index (κ3) is 4.91. The highest BCUT2D eigenvalue weighted by molar-refractivity contribution is 7.92. The molecule has 0 fully saturated rings. The molecule has 0 aliphatic rings. The maximum Gasteiger partial charge on any atom is 0.265 e. The van der Waals surface area contributed by atoms with Crippen molar-refractivity contribution in [3.05, 3.63) is 83.6 Å². The van der Waals surface area contributed by atoms with Crippen LogP contribution in [0, 0.1) is 11.6 Å². The maximum absolute atomic E-state index is 14.7. The monoisotopic (exact) mass is 512 g/mol. The molecule has 1 aromatic heterocycles. The van der Waals surface area contributed by atoms with Gasteiger partial charge in [-0.1, -0.05) is 6.07 Å². The van der Waals surface area contributed by atoms with E-state index in [0.29, 0.717) is 16.6 Å². The molecule has 0 bridgehead atoms. The lowest BCUT2D eigenvalue weighted by atomic mass is 10.0. The summed E-state index contributed by atoms with van der Waals surface area (Å²) < 4.78 is 55.6. The first-order valence-electron chi connectivity index (χ1n) is 10.6. The molecule has 2 amide bonds. The van der Waals surface area contributed by atoms with Crippen molar-refractivity contribution in [1.29, 1.82) is 0 Å². The normalized spacial score (nSPS) is 11.5. The number of sulfonamides is 1. The van der Waals surface area contributed by atoms with Gasteiger partial charge >= 0.3 is 0 Å². The van der Waals surface area contributed by atoms with Gasteiger partial charge in [-0.2, -0.15) is 0 Å². The van der Waals surface area contributed by atoms with Gasteiger partial charge in [-0.05, 0) is 54.1 Å². The summed E-state index contributed by atoms with van der Waals surface area (Å²) in [7, 11) is -0.481. The fourth-order valence-corrected chi connectivity index (χ4v) is 4.49. The van der Waals surface area contributed by atoms with Crippen LogP contribution in [0.3, 0.4) is 0 Å². The second-order valence-corrected chi connectivity index (χ2v) is 10.2. The second kappa shape index (κ2) is 9.08. The van der Waals surface area contributed by atoms with Crippen LogP contribution in [-0.2, 0) is 10.0 Å². The number of halogens is 2. The van der Waals surface area contributed by atoms with Crippen molar-refractivity contribution >= 4 is 38.4 Å². The van der Waals surface area contributed by atoms with Crippen molar-refractivity contribution in [2.45, 2.75) is 0 Å². The van der Waals surface area contributed by atoms with Crippen molar-refractivity contribution in [2.24, 2.45) is 5.73 Å². The van der Waals surface area contributed by atoms with Crippen LogP contribution in [0.15, 0.2) is 60.7 Å². The average molecular weight is 513 g/mol. The molecule has 0 atom stereocenters. The Balaban J connectivity index is 2.04. The molecule has 0 unspecified atom stereocenters. The predicted octanol–water partition coefficient (Wildman–Crippen LogP) is 3.75. The van der Waals surface area contributed by atoms with Gasteiger partial charge in [0.05, 0.1) is 17.5 Å².